The van der Waals surface area contributed by atoms with Crippen molar-refractivity contribution in [3.8, 4) is 6.07 Å². The van der Waals surface area contributed by atoms with Crippen molar-refractivity contribution in [1.29, 1.82) is 5.26 Å². The standard InChI is InChI=1S/C23H21FN6O/c24-18-6-16(8-26-9-18)20-3-4-27-30(20)21(31)23-11-22(12-23,13-23)14-29-10-17-5-15(7-25)1-2-19(17)28-29/h1-2,4-6,8-10,20-21,31H,3,11-14H2. The normalized spacial score (nSPS) is 29.5. The van der Waals surface area contributed by atoms with Crippen LogP contribution in [0.15, 0.2) is 48.0 Å². The number of hydrazone groups is 1. The second-order valence-electron chi connectivity index (χ2n) is 9.34. The number of nitriles is 1. The van der Waals surface area contributed by atoms with E-state index in [0.717, 1.165) is 42.3 Å². The molecule has 156 valence electrons. The van der Waals surface area contributed by atoms with E-state index in [4.69, 9.17) is 5.26 Å². The zero-order chi connectivity index (χ0) is 21.2. The lowest BCUT2D eigenvalue weighted by Gasteiger charge is -2.72. The van der Waals surface area contributed by atoms with Crippen molar-refractivity contribution in [1.82, 2.24) is 19.8 Å². The van der Waals surface area contributed by atoms with E-state index in [9.17, 15) is 9.50 Å². The van der Waals surface area contributed by atoms with Crippen molar-refractivity contribution in [3.05, 3.63) is 59.8 Å². The molecule has 4 aliphatic rings. The highest BCUT2D eigenvalue weighted by Crippen LogP contribution is 2.75. The topological polar surface area (TPSA) is 90.3 Å². The molecule has 1 aliphatic heterocycles. The smallest absolute Gasteiger partial charge is 0.148 e. The van der Waals surface area contributed by atoms with Crippen molar-refractivity contribution in [2.24, 2.45) is 15.9 Å². The summed E-state index contributed by atoms with van der Waals surface area (Å²) in [7, 11) is 0. The zero-order valence-electron chi connectivity index (χ0n) is 16.8. The third-order valence-corrected chi connectivity index (χ3v) is 7.13. The summed E-state index contributed by atoms with van der Waals surface area (Å²) in [5.41, 5.74) is 2.24. The molecule has 0 saturated heterocycles. The molecule has 8 heteroatoms. The Labute approximate surface area is 178 Å². The van der Waals surface area contributed by atoms with Crippen LogP contribution in [0.25, 0.3) is 10.9 Å². The third-order valence-electron chi connectivity index (χ3n) is 7.13. The van der Waals surface area contributed by atoms with Crippen molar-refractivity contribution in [2.45, 2.75) is 44.5 Å². The molecule has 7 nitrogen and oxygen atoms in total. The predicted molar refractivity (Wildman–Crippen MR) is 111 cm³/mol. The number of fused-ring (bicyclic) bond motifs is 1. The highest BCUT2D eigenvalue weighted by Gasteiger charge is 2.71. The van der Waals surface area contributed by atoms with Gasteiger partial charge in [0.2, 0.25) is 0 Å². The number of hydrogen-bond acceptors (Lipinski definition) is 6. The van der Waals surface area contributed by atoms with Crippen LogP contribution in [0.2, 0.25) is 0 Å². The molecular formula is C23H21FN6O. The monoisotopic (exact) mass is 416 g/mol. The van der Waals surface area contributed by atoms with Crippen LogP contribution in [-0.2, 0) is 6.54 Å². The number of benzene rings is 1. The molecule has 1 aromatic carbocycles. The molecule has 3 aliphatic carbocycles. The Kier molecular flexibility index (Phi) is 3.78. The van der Waals surface area contributed by atoms with Gasteiger partial charge in [-0.15, -0.1) is 0 Å². The second kappa shape index (κ2) is 6.34. The van der Waals surface area contributed by atoms with Gasteiger partial charge in [0, 0.05) is 42.4 Å². The summed E-state index contributed by atoms with van der Waals surface area (Å²) >= 11 is 0. The maximum atomic E-state index is 13.6. The van der Waals surface area contributed by atoms with E-state index in [1.807, 2.05) is 23.0 Å². The minimum Gasteiger partial charge on any atom is -0.371 e. The molecule has 1 N–H and O–H groups in total. The third kappa shape index (κ3) is 2.77. The minimum absolute atomic E-state index is 0.153. The lowest BCUT2D eigenvalue weighted by Crippen LogP contribution is -2.70. The molecule has 3 heterocycles. The largest absolute Gasteiger partial charge is 0.371 e. The molecule has 3 fully saturated rings. The van der Waals surface area contributed by atoms with E-state index < -0.39 is 6.23 Å². The first kappa shape index (κ1) is 18.5. The average Bonchev–Trinajstić information content (AvgIpc) is 3.35. The SMILES string of the molecule is N#Cc1ccc2nn(CC34CC(C(O)N5N=CCC5c5cncc(F)c5)(C3)C4)cc2c1. The number of hydrogen-bond donors (Lipinski definition) is 1. The summed E-state index contributed by atoms with van der Waals surface area (Å²) in [6.07, 6.45) is 9.30. The second-order valence-corrected chi connectivity index (χ2v) is 9.34. The van der Waals surface area contributed by atoms with Crippen LogP contribution in [0.4, 0.5) is 4.39 Å². The summed E-state index contributed by atoms with van der Waals surface area (Å²) in [4.78, 5) is 3.95. The van der Waals surface area contributed by atoms with Gasteiger partial charge in [0.25, 0.3) is 0 Å². The first-order chi connectivity index (χ1) is 15.0. The molecule has 3 saturated carbocycles. The number of halogens is 1. The highest BCUT2D eigenvalue weighted by atomic mass is 19.1. The van der Waals surface area contributed by atoms with E-state index in [0.29, 0.717) is 12.0 Å². The van der Waals surface area contributed by atoms with Crippen LogP contribution in [0.3, 0.4) is 0 Å². The van der Waals surface area contributed by atoms with Crippen LogP contribution >= 0.6 is 0 Å². The number of aliphatic hydroxyl groups excluding tert-OH is 1. The summed E-state index contributed by atoms with van der Waals surface area (Å²) in [5, 5.41) is 32.0. The fraction of sp³-hybridized carbons (Fsp3) is 0.391. The van der Waals surface area contributed by atoms with Gasteiger partial charge in [-0.05, 0) is 54.5 Å². The van der Waals surface area contributed by atoms with E-state index >= 15 is 0 Å². The molecule has 0 amide bonds. The van der Waals surface area contributed by atoms with Crippen LogP contribution in [0.1, 0.15) is 42.9 Å². The molecule has 2 bridgehead atoms. The Balaban J connectivity index is 1.15. The van der Waals surface area contributed by atoms with Gasteiger partial charge < -0.3 is 5.11 Å². The van der Waals surface area contributed by atoms with E-state index in [1.54, 1.807) is 23.5 Å². The summed E-state index contributed by atoms with van der Waals surface area (Å²) in [5.74, 6) is -0.378. The van der Waals surface area contributed by atoms with Gasteiger partial charge in [-0.3, -0.25) is 14.7 Å². The summed E-state index contributed by atoms with van der Waals surface area (Å²) in [6.45, 7) is 0.804. The maximum Gasteiger partial charge on any atom is 0.148 e. The number of rotatable bonds is 5. The van der Waals surface area contributed by atoms with Crippen molar-refractivity contribution in [3.63, 3.8) is 0 Å². The van der Waals surface area contributed by atoms with Crippen LogP contribution in [0.5, 0.6) is 0 Å². The number of aliphatic hydroxyl groups is 1. The summed E-state index contributed by atoms with van der Waals surface area (Å²) < 4.78 is 15.6. The van der Waals surface area contributed by atoms with Gasteiger partial charge in [-0.25, -0.2) is 4.39 Å². The van der Waals surface area contributed by atoms with E-state index in [-0.39, 0.29) is 22.7 Å². The fourth-order valence-corrected chi connectivity index (χ4v) is 5.94. The van der Waals surface area contributed by atoms with Gasteiger partial charge in [0.05, 0.1) is 29.4 Å². The Bertz CT molecular complexity index is 1240. The van der Waals surface area contributed by atoms with E-state index in [2.05, 4.69) is 21.3 Å². The molecule has 2 unspecified atom stereocenters. The van der Waals surface area contributed by atoms with Gasteiger partial charge in [-0.2, -0.15) is 15.5 Å². The predicted octanol–water partition coefficient (Wildman–Crippen LogP) is 3.36. The zero-order valence-corrected chi connectivity index (χ0v) is 16.8. The molecular weight excluding hydrogens is 395 g/mol. The Morgan fingerprint density at radius 2 is 2.10 bits per heavy atom. The quantitative estimate of drug-likeness (QED) is 0.689. The molecule has 2 atom stereocenters. The molecule has 3 aromatic rings. The number of aromatic nitrogens is 3. The molecule has 31 heavy (non-hydrogen) atoms. The van der Waals surface area contributed by atoms with Gasteiger partial charge in [-0.1, -0.05) is 0 Å². The Morgan fingerprint density at radius 3 is 2.87 bits per heavy atom. The number of nitrogens with zero attached hydrogens (tertiary/aromatic N) is 6. The molecule has 0 spiro atoms. The molecule has 0 radical (unpaired) electrons. The van der Waals surface area contributed by atoms with Gasteiger partial charge in [0.1, 0.15) is 12.0 Å². The Hall–Kier alpha value is -3.31. The average molecular weight is 416 g/mol. The lowest BCUT2D eigenvalue weighted by molar-refractivity contribution is -0.297. The lowest BCUT2D eigenvalue weighted by atomic mass is 9.34. The minimum atomic E-state index is -0.698. The van der Waals surface area contributed by atoms with Crippen molar-refractivity contribution in [2.75, 3.05) is 0 Å². The number of pyridine rings is 1. The molecule has 2 aromatic heterocycles. The van der Waals surface area contributed by atoms with Gasteiger partial charge >= 0.3 is 0 Å². The van der Waals surface area contributed by atoms with Crippen LogP contribution in [0, 0.1) is 28.0 Å². The summed E-state index contributed by atoms with van der Waals surface area (Å²) in [6, 6.07) is 8.97. The highest BCUT2D eigenvalue weighted by molar-refractivity contribution is 5.79. The van der Waals surface area contributed by atoms with Crippen molar-refractivity contribution >= 4 is 17.1 Å². The fourth-order valence-electron chi connectivity index (χ4n) is 5.94. The van der Waals surface area contributed by atoms with Gasteiger partial charge in [0.15, 0.2) is 0 Å². The van der Waals surface area contributed by atoms with Crippen LogP contribution in [-0.4, -0.2) is 37.3 Å². The Morgan fingerprint density at radius 1 is 1.26 bits per heavy atom. The van der Waals surface area contributed by atoms with E-state index in [1.165, 1.54) is 12.3 Å². The first-order valence-corrected chi connectivity index (χ1v) is 10.5. The van der Waals surface area contributed by atoms with Crippen LogP contribution < -0.4 is 0 Å². The molecule has 7 rings (SSSR count). The first-order valence-electron chi connectivity index (χ1n) is 10.5. The maximum absolute atomic E-state index is 13.6. The van der Waals surface area contributed by atoms with Crippen molar-refractivity contribution < 1.29 is 9.50 Å².